The van der Waals surface area contributed by atoms with Gasteiger partial charge in [-0.15, -0.1) is 11.3 Å². The van der Waals surface area contributed by atoms with Gasteiger partial charge >= 0.3 is 0 Å². The molecule has 3 heterocycles. The maximum atomic E-state index is 12.7. The van der Waals surface area contributed by atoms with Crippen molar-refractivity contribution in [2.24, 2.45) is 0 Å². The molecule has 0 saturated heterocycles. The zero-order valence-electron chi connectivity index (χ0n) is 12.6. The Labute approximate surface area is 130 Å². The van der Waals surface area contributed by atoms with E-state index in [0.29, 0.717) is 16.0 Å². The SMILES string of the molecule is Cc1nc2c(sc3ncccc32)c(=O)n1CC(=O)NC(C)C. The summed E-state index contributed by atoms with van der Waals surface area (Å²) in [6, 6.07) is 3.77. The van der Waals surface area contributed by atoms with Gasteiger partial charge in [0.2, 0.25) is 5.91 Å². The van der Waals surface area contributed by atoms with Crippen molar-refractivity contribution in [2.45, 2.75) is 33.4 Å². The molecular formula is C15H16N4O2S. The molecule has 0 aliphatic heterocycles. The number of nitrogens with zero attached hydrogens (tertiary/aromatic N) is 3. The molecule has 114 valence electrons. The molecule has 0 aliphatic rings. The van der Waals surface area contributed by atoms with Crippen LogP contribution in [-0.4, -0.2) is 26.5 Å². The lowest BCUT2D eigenvalue weighted by Gasteiger charge is -2.11. The molecule has 0 radical (unpaired) electrons. The molecule has 7 heteroatoms. The standard InChI is InChI=1S/C15H16N4O2S/c1-8(2)17-11(20)7-19-9(3)18-12-10-5-4-6-16-14(10)22-13(12)15(19)21/h4-6,8H,7H2,1-3H3,(H,17,20). The summed E-state index contributed by atoms with van der Waals surface area (Å²) in [5.41, 5.74) is 0.473. The monoisotopic (exact) mass is 316 g/mol. The van der Waals surface area contributed by atoms with Crippen molar-refractivity contribution in [3.8, 4) is 0 Å². The molecule has 0 spiro atoms. The Morgan fingerprint density at radius 2 is 2.23 bits per heavy atom. The molecule has 3 rings (SSSR count). The Kier molecular flexibility index (Phi) is 3.66. The molecule has 0 aromatic carbocycles. The van der Waals surface area contributed by atoms with E-state index in [1.54, 1.807) is 13.1 Å². The minimum atomic E-state index is -0.194. The number of nitrogens with one attached hydrogen (secondary N) is 1. The van der Waals surface area contributed by atoms with E-state index in [2.05, 4.69) is 15.3 Å². The number of fused-ring (bicyclic) bond motifs is 3. The number of carbonyl (C=O) groups excluding carboxylic acids is 1. The predicted octanol–water partition coefficient (Wildman–Crippen LogP) is 1.84. The Hall–Kier alpha value is -2.28. The van der Waals surface area contributed by atoms with E-state index in [4.69, 9.17) is 0 Å². The van der Waals surface area contributed by atoms with Crippen LogP contribution in [0.25, 0.3) is 20.4 Å². The van der Waals surface area contributed by atoms with Crippen LogP contribution in [0.5, 0.6) is 0 Å². The number of hydrogen-bond acceptors (Lipinski definition) is 5. The smallest absolute Gasteiger partial charge is 0.272 e. The fourth-order valence-corrected chi connectivity index (χ4v) is 3.40. The van der Waals surface area contributed by atoms with E-state index in [0.717, 1.165) is 10.2 Å². The molecule has 1 N–H and O–H groups in total. The van der Waals surface area contributed by atoms with Crippen LogP contribution < -0.4 is 10.9 Å². The van der Waals surface area contributed by atoms with Crippen LogP contribution in [0, 0.1) is 6.92 Å². The summed E-state index contributed by atoms with van der Waals surface area (Å²) in [6.07, 6.45) is 1.69. The van der Waals surface area contributed by atoms with Crippen molar-refractivity contribution in [3.05, 3.63) is 34.5 Å². The molecule has 0 bridgehead atoms. The highest BCUT2D eigenvalue weighted by Gasteiger charge is 2.16. The molecule has 0 atom stereocenters. The van der Waals surface area contributed by atoms with Gasteiger partial charge in [0, 0.05) is 17.6 Å². The van der Waals surface area contributed by atoms with E-state index in [-0.39, 0.29) is 24.1 Å². The summed E-state index contributed by atoms with van der Waals surface area (Å²) >= 11 is 1.31. The molecule has 3 aromatic rings. The lowest BCUT2D eigenvalue weighted by Crippen LogP contribution is -2.37. The van der Waals surface area contributed by atoms with Gasteiger partial charge in [0.05, 0.1) is 5.52 Å². The zero-order chi connectivity index (χ0) is 15.9. The first-order chi connectivity index (χ1) is 10.5. The third-order valence-corrected chi connectivity index (χ3v) is 4.39. The number of hydrogen-bond donors (Lipinski definition) is 1. The minimum Gasteiger partial charge on any atom is -0.352 e. The Bertz CT molecular complexity index is 926. The zero-order valence-corrected chi connectivity index (χ0v) is 13.4. The van der Waals surface area contributed by atoms with Crippen molar-refractivity contribution < 1.29 is 4.79 Å². The molecule has 3 aromatic heterocycles. The fraction of sp³-hybridized carbons (Fsp3) is 0.333. The van der Waals surface area contributed by atoms with Crippen LogP contribution in [-0.2, 0) is 11.3 Å². The molecule has 6 nitrogen and oxygen atoms in total. The van der Waals surface area contributed by atoms with Crippen LogP contribution in [0.4, 0.5) is 0 Å². The van der Waals surface area contributed by atoms with Crippen molar-refractivity contribution in [1.29, 1.82) is 0 Å². The van der Waals surface area contributed by atoms with Gasteiger partial charge in [0.1, 0.15) is 21.9 Å². The number of rotatable bonds is 3. The van der Waals surface area contributed by atoms with E-state index >= 15 is 0 Å². The van der Waals surface area contributed by atoms with Crippen molar-refractivity contribution in [1.82, 2.24) is 19.9 Å². The summed E-state index contributed by atoms with van der Waals surface area (Å²) in [5, 5.41) is 3.66. The average Bonchev–Trinajstić information content (AvgIpc) is 2.82. The molecule has 1 amide bonds. The van der Waals surface area contributed by atoms with Crippen molar-refractivity contribution in [2.75, 3.05) is 0 Å². The Balaban J connectivity index is 2.14. The molecule has 0 fully saturated rings. The minimum absolute atomic E-state index is 0.0204. The summed E-state index contributed by atoms with van der Waals surface area (Å²) in [5.74, 6) is 0.334. The summed E-state index contributed by atoms with van der Waals surface area (Å²) in [6.45, 7) is 5.48. The first-order valence-electron chi connectivity index (χ1n) is 7.01. The van der Waals surface area contributed by atoms with Gasteiger partial charge in [-0.1, -0.05) is 0 Å². The predicted molar refractivity (Wildman–Crippen MR) is 87.2 cm³/mol. The van der Waals surface area contributed by atoms with E-state index in [9.17, 15) is 9.59 Å². The van der Waals surface area contributed by atoms with Gasteiger partial charge in [0.15, 0.2) is 0 Å². The van der Waals surface area contributed by atoms with Gasteiger partial charge in [0.25, 0.3) is 5.56 Å². The number of pyridine rings is 1. The lowest BCUT2D eigenvalue weighted by atomic mass is 10.3. The maximum absolute atomic E-state index is 12.7. The Morgan fingerprint density at radius 3 is 2.95 bits per heavy atom. The van der Waals surface area contributed by atoms with E-state index in [1.807, 2.05) is 26.0 Å². The van der Waals surface area contributed by atoms with Gasteiger partial charge in [-0.3, -0.25) is 14.2 Å². The number of thiophene rings is 1. The molecule has 0 unspecified atom stereocenters. The van der Waals surface area contributed by atoms with Crippen molar-refractivity contribution in [3.63, 3.8) is 0 Å². The maximum Gasteiger partial charge on any atom is 0.272 e. The van der Waals surface area contributed by atoms with Crippen LogP contribution in [0.15, 0.2) is 23.1 Å². The third-order valence-electron chi connectivity index (χ3n) is 3.30. The van der Waals surface area contributed by atoms with Crippen molar-refractivity contribution >= 4 is 37.7 Å². The Morgan fingerprint density at radius 1 is 1.45 bits per heavy atom. The van der Waals surface area contributed by atoms with Gasteiger partial charge in [-0.25, -0.2) is 9.97 Å². The number of aromatic nitrogens is 3. The average molecular weight is 316 g/mol. The highest BCUT2D eigenvalue weighted by molar-refractivity contribution is 7.25. The summed E-state index contributed by atoms with van der Waals surface area (Å²) in [4.78, 5) is 34.2. The van der Waals surface area contributed by atoms with E-state index < -0.39 is 0 Å². The van der Waals surface area contributed by atoms with Gasteiger partial charge in [-0.05, 0) is 32.9 Å². The molecule has 0 aliphatic carbocycles. The lowest BCUT2D eigenvalue weighted by molar-refractivity contribution is -0.122. The number of aryl methyl sites for hydroxylation is 1. The molecule has 0 saturated carbocycles. The summed E-state index contributed by atoms with van der Waals surface area (Å²) < 4.78 is 1.95. The summed E-state index contributed by atoms with van der Waals surface area (Å²) in [7, 11) is 0. The second-order valence-corrected chi connectivity index (χ2v) is 6.41. The molecule has 22 heavy (non-hydrogen) atoms. The molecular weight excluding hydrogens is 300 g/mol. The largest absolute Gasteiger partial charge is 0.352 e. The highest BCUT2D eigenvalue weighted by Crippen LogP contribution is 2.28. The third kappa shape index (κ3) is 2.48. The van der Waals surface area contributed by atoms with Gasteiger partial charge in [-0.2, -0.15) is 0 Å². The van der Waals surface area contributed by atoms with E-state index in [1.165, 1.54) is 15.9 Å². The van der Waals surface area contributed by atoms with Crippen LogP contribution in [0.2, 0.25) is 0 Å². The second-order valence-electron chi connectivity index (χ2n) is 5.41. The topological polar surface area (TPSA) is 76.9 Å². The second kappa shape index (κ2) is 5.49. The normalized spacial score (nSPS) is 11.5. The number of amides is 1. The number of carbonyl (C=O) groups is 1. The van der Waals surface area contributed by atoms with Crippen LogP contribution in [0.3, 0.4) is 0 Å². The van der Waals surface area contributed by atoms with Crippen LogP contribution >= 0.6 is 11.3 Å². The first kappa shape index (κ1) is 14.6. The van der Waals surface area contributed by atoms with Gasteiger partial charge < -0.3 is 5.32 Å². The van der Waals surface area contributed by atoms with Crippen LogP contribution in [0.1, 0.15) is 19.7 Å². The highest BCUT2D eigenvalue weighted by atomic mass is 32.1. The fourth-order valence-electron chi connectivity index (χ4n) is 2.36. The quantitative estimate of drug-likeness (QED) is 0.800. The first-order valence-corrected chi connectivity index (χ1v) is 7.83.